The summed E-state index contributed by atoms with van der Waals surface area (Å²) in [6.45, 7) is 2.96. The third kappa shape index (κ3) is 6.51. The minimum absolute atomic E-state index is 0. The predicted octanol–water partition coefficient (Wildman–Crippen LogP) is 3.63. The van der Waals surface area contributed by atoms with Gasteiger partial charge in [-0.15, -0.1) is 24.8 Å². The second-order valence-corrected chi connectivity index (χ2v) is 5.20. The summed E-state index contributed by atoms with van der Waals surface area (Å²) in [5, 5.41) is 12.2. The number of ether oxygens (including phenoxy) is 1. The highest BCUT2D eigenvalue weighted by molar-refractivity contribution is 5.85. The van der Waals surface area contributed by atoms with Gasteiger partial charge in [0.25, 0.3) is 0 Å². The average Bonchev–Trinajstić information content (AvgIpc) is 2.53. The molecule has 1 aliphatic heterocycles. The van der Waals surface area contributed by atoms with Crippen LogP contribution in [0.2, 0.25) is 0 Å². The van der Waals surface area contributed by atoms with Gasteiger partial charge in [0, 0.05) is 32.2 Å². The molecule has 1 atom stereocenters. The van der Waals surface area contributed by atoms with Crippen molar-refractivity contribution in [2.75, 3.05) is 26.2 Å². The normalized spacial score (nSPS) is 16.3. The van der Waals surface area contributed by atoms with Gasteiger partial charge in [0.05, 0.1) is 12.5 Å². The molecule has 0 spiro atoms. The van der Waals surface area contributed by atoms with Gasteiger partial charge in [-0.25, -0.2) is 0 Å². The molecule has 0 unspecified atom stereocenters. The summed E-state index contributed by atoms with van der Waals surface area (Å²) in [7, 11) is 0. The van der Waals surface area contributed by atoms with E-state index in [1.54, 1.807) is 6.07 Å². The van der Waals surface area contributed by atoms with Crippen LogP contribution in [0, 0.1) is 11.3 Å². The Balaban J connectivity index is 0.00000288. The highest BCUT2D eigenvalue weighted by Crippen LogP contribution is 2.31. The van der Waals surface area contributed by atoms with Crippen LogP contribution in [0.4, 0.5) is 17.6 Å². The molecule has 1 N–H and O–H groups in total. The maximum absolute atomic E-state index is 13.0. The first-order chi connectivity index (χ1) is 10.9. The van der Waals surface area contributed by atoms with Gasteiger partial charge in [-0.05, 0) is 17.7 Å². The Bertz CT molecular complexity index is 566. The van der Waals surface area contributed by atoms with Crippen LogP contribution in [-0.2, 0) is 0 Å². The number of alkyl halides is 4. The number of nitrogens with zero attached hydrogens (tertiary/aromatic N) is 2. The quantitative estimate of drug-likeness (QED) is 0.736. The van der Waals surface area contributed by atoms with Crippen LogP contribution in [-0.4, -0.2) is 43.6 Å². The molecule has 1 saturated heterocycles. The van der Waals surface area contributed by atoms with Crippen molar-refractivity contribution in [3.63, 3.8) is 0 Å². The van der Waals surface area contributed by atoms with Crippen molar-refractivity contribution in [2.45, 2.75) is 25.0 Å². The van der Waals surface area contributed by atoms with E-state index in [2.05, 4.69) is 21.0 Å². The number of nitriles is 1. The number of hydrogen-bond donors (Lipinski definition) is 1. The van der Waals surface area contributed by atoms with Crippen molar-refractivity contribution in [3.8, 4) is 11.8 Å². The van der Waals surface area contributed by atoms with Gasteiger partial charge >= 0.3 is 12.5 Å². The van der Waals surface area contributed by atoms with E-state index in [-0.39, 0.29) is 43.0 Å². The molecule has 0 bridgehead atoms. The molecule has 0 radical (unpaired) electrons. The Morgan fingerprint density at radius 2 is 1.88 bits per heavy atom. The maximum Gasteiger partial charge on any atom is 0.461 e. The first-order valence-electron chi connectivity index (χ1n) is 7.20. The number of nitrogens with one attached hydrogen (secondary N) is 1. The first-order valence-corrected chi connectivity index (χ1v) is 7.20. The van der Waals surface area contributed by atoms with Gasteiger partial charge in [-0.1, -0.05) is 12.1 Å². The number of halogens is 6. The van der Waals surface area contributed by atoms with E-state index < -0.39 is 12.5 Å². The lowest BCUT2D eigenvalue weighted by Gasteiger charge is -2.34. The average molecular weight is 404 g/mol. The van der Waals surface area contributed by atoms with Gasteiger partial charge in [0.2, 0.25) is 0 Å². The largest absolute Gasteiger partial charge is 0.461 e. The van der Waals surface area contributed by atoms with Crippen molar-refractivity contribution in [2.24, 2.45) is 0 Å². The Hall–Kier alpha value is -1.27. The Labute approximate surface area is 155 Å². The molecule has 0 saturated carbocycles. The number of hydrogen-bond acceptors (Lipinski definition) is 4. The highest BCUT2D eigenvalue weighted by atomic mass is 35.5. The van der Waals surface area contributed by atoms with Crippen LogP contribution in [0.1, 0.15) is 18.0 Å². The van der Waals surface area contributed by atoms with Gasteiger partial charge < -0.3 is 10.1 Å². The Morgan fingerprint density at radius 1 is 1.24 bits per heavy atom. The molecule has 0 aliphatic carbocycles. The monoisotopic (exact) mass is 403 g/mol. The molecule has 1 fully saturated rings. The van der Waals surface area contributed by atoms with Crippen LogP contribution in [0.3, 0.4) is 0 Å². The summed E-state index contributed by atoms with van der Waals surface area (Å²) in [4.78, 5) is 2.06. The lowest BCUT2D eigenvalue weighted by molar-refractivity contribution is -0.253. The number of piperazine rings is 1. The minimum Gasteiger partial charge on any atom is -0.428 e. The topological polar surface area (TPSA) is 48.3 Å². The summed E-state index contributed by atoms with van der Waals surface area (Å²) in [5.74, 6) is -0.342. The summed E-state index contributed by atoms with van der Waals surface area (Å²) in [5.41, 5.74) is 0.594. The van der Waals surface area contributed by atoms with Crippen LogP contribution >= 0.6 is 24.8 Å². The number of benzene rings is 1. The molecule has 1 aliphatic rings. The lowest BCUT2D eigenvalue weighted by Crippen LogP contribution is -2.45. The minimum atomic E-state index is -4.54. The summed E-state index contributed by atoms with van der Waals surface area (Å²) in [6.07, 6.45) is -8.28. The van der Waals surface area contributed by atoms with Crippen molar-refractivity contribution < 1.29 is 22.3 Å². The highest BCUT2D eigenvalue weighted by Gasteiger charge is 2.44. The van der Waals surface area contributed by atoms with Crippen molar-refractivity contribution in [3.05, 3.63) is 29.8 Å². The predicted molar refractivity (Wildman–Crippen MR) is 89.9 cm³/mol. The second-order valence-electron chi connectivity index (χ2n) is 5.20. The molecule has 1 aromatic carbocycles. The third-order valence-electron chi connectivity index (χ3n) is 3.63. The molecule has 1 heterocycles. The third-order valence-corrected chi connectivity index (χ3v) is 3.63. The summed E-state index contributed by atoms with van der Waals surface area (Å²) < 4.78 is 54.6. The number of rotatable bonds is 6. The van der Waals surface area contributed by atoms with Gasteiger partial charge in [-0.3, -0.25) is 4.90 Å². The SMILES string of the molecule is Cl.Cl.N#CC[C@H](c1cccc(OC(F)(F)C(F)F)c1)N1CCNCC1. The van der Waals surface area contributed by atoms with Crippen molar-refractivity contribution in [1.29, 1.82) is 5.26 Å². The fraction of sp³-hybridized carbons (Fsp3) is 0.533. The van der Waals surface area contributed by atoms with E-state index in [0.29, 0.717) is 18.7 Å². The second kappa shape index (κ2) is 10.7. The smallest absolute Gasteiger partial charge is 0.428 e. The molecule has 1 aromatic rings. The molecule has 142 valence electrons. The molecule has 10 heteroatoms. The van der Waals surface area contributed by atoms with Crippen molar-refractivity contribution in [1.82, 2.24) is 10.2 Å². The Kier molecular flexibility index (Phi) is 10.1. The van der Waals surface area contributed by atoms with E-state index in [1.807, 2.05) is 0 Å². The van der Waals surface area contributed by atoms with Crippen LogP contribution in [0.15, 0.2) is 24.3 Å². The molecule has 2 rings (SSSR count). The van der Waals surface area contributed by atoms with Crippen molar-refractivity contribution >= 4 is 24.8 Å². The maximum atomic E-state index is 13.0. The van der Waals surface area contributed by atoms with E-state index in [0.717, 1.165) is 13.1 Å². The zero-order valence-electron chi connectivity index (χ0n) is 13.1. The van der Waals surface area contributed by atoms with E-state index in [4.69, 9.17) is 5.26 Å². The van der Waals surface area contributed by atoms with Gasteiger partial charge in [-0.2, -0.15) is 22.8 Å². The van der Waals surface area contributed by atoms with Crippen LogP contribution < -0.4 is 10.1 Å². The lowest BCUT2D eigenvalue weighted by atomic mass is 10.0. The summed E-state index contributed by atoms with van der Waals surface area (Å²) >= 11 is 0. The van der Waals surface area contributed by atoms with Gasteiger partial charge in [0.15, 0.2) is 0 Å². The zero-order valence-corrected chi connectivity index (χ0v) is 14.8. The first kappa shape index (κ1) is 23.7. The standard InChI is InChI=1S/C15H17F4N3O.2ClH/c16-14(17)15(18,19)23-12-3-1-2-11(10-12)13(4-5-20)22-8-6-21-7-9-22;;/h1-3,10,13-14,21H,4,6-9H2;2*1H/t13-;;/m1../s1. The van der Waals surface area contributed by atoms with E-state index in [1.165, 1.54) is 18.2 Å². The van der Waals surface area contributed by atoms with Crippen LogP contribution in [0.5, 0.6) is 5.75 Å². The van der Waals surface area contributed by atoms with Gasteiger partial charge in [0.1, 0.15) is 5.75 Å². The summed E-state index contributed by atoms with van der Waals surface area (Å²) in [6, 6.07) is 7.41. The van der Waals surface area contributed by atoms with Crippen LogP contribution in [0.25, 0.3) is 0 Å². The molecule has 25 heavy (non-hydrogen) atoms. The van der Waals surface area contributed by atoms with E-state index >= 15 is 0 Å². The molecule has 0 aromatic heterocycles. The molecular weight excluding hydrogens is 385 g/mol. The van der Waals surface area contributed by atoms with E-state index in [9.17, 15) is 17.6 Å². The molecule has 0 amide bonds. The Morgan fingerprint density at radius 3 is 2.44 bits per heavy atom. The fourth-order valence-corrected chi connectivity index (χ4v) is 2.53. The molecular formula is C15H19Cl2F4N3O. The fourth-order valence-electron chi connectivity index (χ4n) is 2.53. The molecule has 4 nitrogen and oxygen atoms in total. The zero-order chi connectivity index (χ0) is 16.9.